The maximum absolute atomic E-state index is 12.6. The SMILES string of the molecule is CCN(C(=O)c1csc(C2CCCO2)n1)c1ccncc1. The molecule has 6 heteroatoms. The predicted molar refractivity (Wildman–Crippen MR) is 81.6 cm³/mol. The van der Waals surface area contributed by atoms with Crippen molar-refractivity contribution in [1.82, 2.24) is 9.97 Å². The molecule has 1 fully saturated rings. The summed E-state index contributed by atoms with van der Waals surface area (Å²) in [6, 6.07) is 3.66. The second-order valence-electron chi connectivity index (χ2n) is 4.83. The normalized spacial score (nSPS) is 17.9. The lowest BCUT2D eigenvalue weighted by Crippen LogP contribution is -2.30. The van der Waals surface area contributed by atoms with Gasteiger partial charge in [-0.05, 0) is 31.9 Å². The van der Waals surface area contributed by atoms with Crippen LogP contribution in [0.15, 0.2) is 29.9 Å². The number of pyridine rings is 1. The first-order valence-electron chi connectivity index (χ1n) is 7.08. The van der Waals surface area contributed by atoms with E-state index in [4.69, 9.17) is 4.74 Å². The molecule has 1 aliphatic rings. The first-order chi connectivity index (χ1) is 10.3. The van der Waals surface area contributed by atoms with Gasteiger partial charge in [-0.15, -0.1) is 11.3 Å². The maximum atomic E-state index is 12.6. The van der Waals surface area contributed by atoms with Gasteiger partial charge in [-0.3, -0.25) is 9.78 Å². The number of nitrogens with zero attached hydrogens (tertiary/aromatic N) is 3. The molecule has 0 spiro atoms. The van der Waals surface area contributed by atoms with Crippen molar-refractivity contribution in [2.24, 2.45) is 0 Å². The van der Waals surface area contributed by atoms with Crippen molar-refractivity contribution in [2.45, 2.75) is 25.9 Å². The van der Waals surface area contributed by atoms with Crippen LogP contribution in [0.25, 0.3) is 0 Å². The van der Waals surface area contributed by atoms with Crippen LogP contribution in [0.2, 0.25) is 0 Å². The molecule has 1 saturated heterocycles. The topological polar surface area (TPSA) is 55.3 Å². The van der Waals surface area contributed by atoms with Crippen LogP contribution in [-0.4, -0.2) is 29.0 Å². The highest BCUT2D eigenvalue weighted by molar-refractivity contribution is 7.09. The van der Waals surface area contributed by atoms with Crippen LogP contribution in [0.3, 0.4) is 0 Å². The van der Waals surface area contributed by atoms with Crippen molar-refractivity contribution >= 4 is 22.9 Å². The van der Waals surface area contributed by atoms with Gasteiger partial charge in [0.05, 0.1) is 0 Å². The monoisotopic (exact) mass is 303 g/mol. The van der Waals surface area contributed by atoms with Gasteiger partial charge in [0, 0.05) is 36.6 Å². The summed E-state index contributed by atoms with van der Waals surface area (Å²) < 4.78 is 5.62. The molecule has 3 heterocycles. The molecule has 0 N–H and O–H groups in total. The van der Waals surface area contributed by atoms with Crippen LogP contribution in [-0.2, 0) is 4.74 Å². The molecule has 0 saturated carbocycles. The minimum Gasteiger partial charge on any atom is -0.371 e. The van der Waals surface area contributed by atoms with Crippen molar-refractivity contribution < 1.29 is 9.53 Å². The van der Waals surface area contributed by atoms with E-state index in [0.717, 1.165) is 30.1 Å². The number of amides is 1. The van der Waals surface area contributed by atoms with Crippen LogP contribution in [0.5, 0.6) is 0 Å². The fraction of sp³-hybridized carbons (Fsp3) is 0.400. The Morgan fingerprint density at radius 2 is 2.29 bits per heavy atom. The van der Waals surface area contributed by atoms with Crippen molar-refractivity contribution in [2.75, 3.05) is 18.1 Å². The number of thiazole rings is 1. The minimum absolute atomic E-state index is 0.0625. The molecule has 2 aromatic heterocycles. The van der Waals surface area contributed by atoms with Crippen LogP contribution >= 0.6 is 11.3 Å². The van der Waals surface area contributed by atoms with E-state index in [1.54, 1.807) is 17.3 Å². The van der Waals surface area contributed by atoms with E-state index in [9.17, 15) is 4.79 Å². The average Bonchev–Trinajstić information content (AvgIpc) is 3.20. The fourth-order valence-corrected chi connectivity index (χ4v) is 3.29. The molecule has 21 heavy (non-hydrogen) atoms. The third-order valence-corrected chi connectivity index (χ3v) is 4.42. The fourth-order valence-electron chi connectivity index (χ4n) is 2.41. The van der Waals surface area contributed by atoms with Gasteiger partial charge < -0.3 is 9.64 Å². The van der Waals surface area contributed by atoms with E-state index in [-0.39, 0.29) is 12.0 Å². The van der Waals surface area contributed by atoms with Crippen molar-refractivity contribution in [3.05, 3.63) is 40.6 Å². The number of anilines is 1. The predicted octanol–water partition coefficient (Wildman–Crippen LogP) is 3.06. The first kappa shape index (κ1) is 14.2. The molecule has 1 aliphatic heterocycles. The standard InChI is InChI=1S/C15H17N3O2S/c1-2-18(11-5-7-16-8-6-11)15(19)12-10-21-14(17-12)13-4-3-9-20-13/h5-8,10,13H,2-4,9H2,1H3. The highest BCUT2D eigenvalue weighted by Crippen LogP contribution is 2.31. The van der Waals surface area contributed by atoms with E-state index >= 15 is 0 Å². The van der Waals surface area contributed by atoms with E-state index in [1.165, 1.54) is 11.3 Å². The number of hydrogen-bond acceptors (Lipinski definition) is 5. The van der Waals surface area contributed by atoms with E-state index < -0.39 is 0 Å². The Bertz CT molecular complexity index is 608. The summed E-state index contributed by atoms with van der Waals surface area (Å²) in [6.45, 7) is 3.33. The Hall–Kier alpha value is -1.79. The Kier molecular flexibility index (Phi) is 4.26. The van der Waals surface area contributed by atoms with Gasteiger partial charge in [0.1, 0.15) is 16.8 Å². The quantitative estimate of drug-likeness (QED) is 0.871. The highest BCUT2D eigenvalue weighted by atomic mass is 32.1. The summed E-state index contributed by atoms with van der Waals surface area (Å²) in [5, 5.41) is 2.73. The smallest absolute Gasteiger partial charge is 0.277 e. The van der Waals surface area contributed by atoms with Crippen molar-refractivity contribution in [3.63, 3.8) is 0 Å². The number of aromatic nitrogens is 2. The van der Waals surface area contributed by atoms with Gasteiger partial charge in [-0.25, -0.2) is 4.98 Å². The van der Waals surface area contributed by atoms with Gasteiger partial charge in [0.2, 0.25) is 0 Å². The molecule has 3 rings (SSSR count). The zero-order valence-electron chi connectivity index (χ0n) is 11.9. The number of ether oxygens (including phenoxy) is 1. The molecule has 0 aromatic carbocycles. The van der Waals surface area contributed by atoms with Gasteiger partial charge in [0.25, 0.3) is 5.91 Å². The Balaban J connectivity index is 1.80. The molecule has 5 nitrogen and oxygen atoms in total. The summed E-state index contributed by atoms with van der Waals surface area (Å²) in [6.07, 6.45) is 5.48. The summed E-state index contributed by atoms with van der Waals surface area (Å²) in [4.78, 5) is 22.8. The molecule has 0 radical (unpaired) electrons. The average molecular weight is 303 g/mol. The summed E-state index contributed by atoms with van der Waals surface area (Å²) in [7, 11) is 0. The van der Waals surface area contributed by atoms with Gasteiger partial charge in [-0.1, -0.05) is 0 Å². The lowest BCUT2D eigenvalue weighted by molar-refractivity contribution is 0.0980. The van der Waals surface area contributed by atoms with Gasteiger partial charge >= 0.3 is 0 Å². The third kappa shape index (κ3) is 2.96. The van der Waals surface area contributed by atoms with E-state index in [1.807, 2.05) is 24.4 Å². The van der Waals surface area contributed by atoms with Crippen LogP contribution < -0.4 is 4.90 Å². The van der Waals surface area contributed by atoms with E-state index in [2.05, 4.69) is 9.97 Å². The number of carbonyl (C=O) groups excluding carboxylic acids is 1. The third-order valence-electron chi connectivity index (χ3n) is 3.48. The number of rotatable bonds is 4. The molecule has 2 aromatic rings. The lowest BCUT2D eigenvalue weighted by atomic mass is 10.2. The zero-order chi connectivity index (χ0) is 14.7. The molecule has 0 bridgehead atoms. The molecule has 1 unspecified atom stereocenters. The largest absolute Gasteiger partial charge is 0.371 e. The number of hydrogen-bond donors (Lipinski definition) is 0. The van der Waals surface area contributed by atoms with Crippen LogP contribution in [0.4, 0.5) is 5.69 Å². The summed E-state index contributed by atoms with van der Waals surface area (Å²) in [5.74, 6) is -0.0794. The summed E-state index contributed by atoms with van der Waals surface area (Å²) in [5.41, 5.74) is 1.33. The first-order valence-corrected chi connectivity index (χ1v) is 7.96. The lowest BCUT2D eigenvalue weighted by Gasteiger charge is -2.19. The second kappa shape index (κ2) is 6.32. The summed E-state index contributed by atoms with van der Waals surface area (Å²) >= 11 is 1.50. The molecule has 1 atom stereocenters. The highest BCUT2D eigenvalue weighted by Gasteiger charge is 2.24. The molecular formula is C15H17N3O2S. The Morgan fingerprint density at radius 1 is 1.48 bits per heavy atom. The Labute approximate surface area is 127 Å². The van der Waals surface area contributed by atoms with Crippen LogP contribution in [0, 0.1) is 0 Å². The van der Waals surface area contributed by atoms with Gasteiger partial charge in [-0.2, -0.15) is 0 Å². The Morgan fingerprint density at radius 3 is 2.95 bits per heavy atom. The van der Waals surface area contributed by atoms with Gasteiger partial charge in [0.15, 0.2) is 0 Å². The second-order valence-corrected chi connectivity index (χ2v) is 5.72. The maximum Gasteiger partial charge on any atom is 0.277 e. The molecule has 0 aliphatic carbocycles. The number of carbonyl (C=O) groups is 1. The van der Waals surface area contributed by atoms with Crippen molar-refractivity contribution in [1.29, 1.82) is 0 Å². The molecule has 110 valence electrons. The minimum atomic E-state index is -0.0794. The zero-order valence-corrected chi connectivity index (χ0v) is 12.7. The van der Waals surface area contributed by atoms with Crippen molar-refractivity contribution in [3.8, 4) is 0 Å². The molecular weight excluding hydrogens is 286 g/mol. The van der Waals surface area contributed by atoms with E-state index in [0.29, 0.717) is 12.2 Å². The van der Waals surface area contributed by atoms with Crippen LogP contribution in [0.1, 0.15) is 41.4 Å². The molecule has 1 amide bonds.